The molecule has 0 aromatic heterocycles. The van der Waals surface area contributed by atoms with Gasteiger partial charge in [-0.25, -0.2) is 0 Å². The van der Waals surface area contributed by atoms with Crippen LogP contribution in [0.5, 0.6) is 11.5 Å². The molecule has 2 aromatic rings. The first kappa shape index (κ1) is 23.4. The second-order valence-corrected chi connectivity index (χ2v) is 6.78. The van der Waals surface area contributed by atoms with E-state index in [4.69, 9.17) is 16.3 Å². The Morgan fingerprint density at radius 3 is 2.47 bits per heavy atom. The number of alkyl halides is 2. The number of rotatable bonds is 9. The number of para-hydroxylation sites is 2. The molecule has 0 saturated carbocycles. The van der Waals surface area contributed by atoms with Crippen molar-refractivity contribution in [1.29, 1.82) is 0 Å². The lowest BCUT2D eigenvalue weighted by atomic mass is 10.2. The van der Waals surface area contributed by atoms with E-state index < -0.39 is 18.6 Å². The Morgan fingerprint density at radius 1 is 1.10 bits per heavy atom. The zero-order valence-corrected chi connectivity index (χ0v) is 17.4. The zero-order valence-electron chi connectivity index (χ0n) is 16.6. The number of hydrogen-bond donors (Lipinski definition) is 2. The third-order valence-corrected chi connectivity index (χ3v) is 4.47. The van der Waals surface area contributed by atoms with E-state index in [0.29, 0.717) is 16.5 Å². The fourth-order valence-corrected chi connectivity index (χ4v) is 2.71. The van der Waals surface area contributed by atoms with Crippen molar-refractivity contribution >= 4 is 34.8 Å². The molecule has 0 bridgehead atoms. The molecule has 0 fully saturated rings. The summed E-state index contributed by atoms with van der Waals surface area (Å²) in [7, 11) is 3.05. The van der Waals surface area contributed by atoms with Crippen molar-refractivity contribution in [1.82, 2.24) is 4.90 Å². The largest absolute Gasteiger partial charge is 0.495 e. The number of nitrogens with one attached hydrogen (secondary N) is 2. The van der Waals surface area contributed by atoms with Crippen LogP contribution in [0.25, 0.3) is 0 Å². The molecule has 2 N–H and O–H groups in total. The summed E-state index contributed by atoms with van der Waals surface area (Å²) in [5, 5.41) is 5.65. The van der Waals surface area contributed by atoms with Crippen LogP contribution in [0, 0.1) is 0 Å². The number of likely N-dealkylation sites (N-methyl/N-ethyl adjacent to an activating group) is 1. The van der Waals surface area contributed by atoms with Crippen molar-refractivity contribution in [3.8, 4) is 11.5 Å². The monoisotopic (exact) mass is 441 g/mol. The maximum atomic E-state index is 12.5. The van der Waals surface area contributed by atoms with Crippen LogP contribution in [-0.2, 0) is 9.59 Å². The van der Waals surface area contributed by atoms with Gasteiger partial charge in [0, 0.05) is 5.02 Å². The molecule has 0 heterocycles. The molecule has 30 heavy (non-hydrogen) atoms. The number of amides is 2. The van der Waals surface area contributed by atoms with Crippen LogP contribution in [0.2, 0.25) is 5.02 Å². The molecule has 0 saturated heterocycles. The number of hydrogen-bond acceptors (Lipinski definition) is 5. The molecule has 0 spiro atoms. The Labute approximate surface area is 177 Å². The summed E-state index contributed by atoms with van der Waals surface area (Å²) in [6, 6.07) is 9.92. The van der Waals surface area contributed by atoms with E-state index in [1.165, 1.54) is 30.2 Å². The fraction of sp³-hybridized carbons (Fsp3) is 0.300. The van der Waals surface area contributed by atoms with Crippen LogP contribution in [0.15, 0.2) is 42.5 Å². The van der Waals surface area contributed by atoms with Crippen molar-refractivity contribution in [2.24, 2.45) is 0 Å². The average Bonchev–Trinajstić information content (AvgIpc) is 2.68. The van der Waals surface area contributed by atoms with Gasteiger partial charge in [0.05, 0.1) is 31.1 Å². The van der Waals surface area contributed by atoms with Crippen LogP contribution in [-0.4, -0.2) is 50.1 Å². The molecule has 10 heteroatoms. The van der Waals surface area contributed by atoms with E-state index >= 15 is 0 Å². The Kier molecular flexibility index (Phi) is 8.37. The van der Waals surface area contributed by atoms with Crippen molar-refractivity contribution in [2.45, 2.75) is 19.6 Å². The van der Waals surface area contributed by atoms with E-state index in [9.17, 15) is 18.4 Å². The smallest absolute Gasteiger partial charge is 0.387 e. The third-order valence-electron chi connectivity index (χ3n) is 4.23. The Bertz CT molecular complexity index is 898. The number of benzene rings is 2. The fourth-order valence-electron chi connectivity index (χ4n) is 2.54. The molecule has 2 rings (SSSR count). The van der Waals surface area contributed by atoms with Crippen LogP contribution >= 0.6 is 11.6 Å². The van der Waals surface area contributed by atoms with E-state index in [2.05, 4.69) is 15.4 Å². The number of anilines is 2. The lowest BCUT2D eigenvalue weighted by Crippen LogP contribution is -2.43. The SMILES string of the molecule is COc1ccc(Cl)cc1NC(=O)CN(C)C(C)C(=O)Nc1ccccc1OC(F)F. The van der Waals surface area contributed by atoms with Gasteiger partial charge in [-0.1, -0.05) is 23.7 Å². The molecule has 1 atom stereocenters. The highest BCUT2D eigenvalue weighted by Crippen LogP contribution is 2.28. The second kappa shape index (κ2) is 10.7. The number of halogens is 3. The molecule has 1 unspecified atom stereocenters. The highest BCUT2D eigenvalue weighted by molar-refractivity contribution is 6.31. The highest BCUT2D eigenvalue weighted by atomic mass is 35.5. The number of methoxy groups -OCH3 is 1. The van der Waals surface area contributed by atoms with Crippen LogP contribution in [0.4, 0.5) is 20.2 Å². The lowest BCUT2D eigenvalue weighted by Gasteiger charge is -2.24. The predicted octanol–water partition coefficient (Wildman–Crippen LogP) is 3.85. The topological polar surface area (TPSA) is 79.9 Å². The first-order valence-corrected chi connectivity index (χ1v) is 9.27. The van der Waals surface area contributed by atoms with Gasteiger partial charge in [0.15, 0.2) is 0 Å². The maximum absolute atomic E-state index is 12.5. The summed E-state index contributed by atoms with van der Waals surface area (Å²) in [5.41, 5.74) is 0.509. The van der Waals surface area contributed by atoms with Gasteiger partial charge in [0.25, 0.3) is 0 Å². The molecule has 0 aliphatic rings. The molecule has 0 aliphatic carbocycles. The van der Waals surface area contributed by atoms with Crippen molar-refractivity contribution in [2.75, 3.05) is 31.3 Å². The summed E-state index contributed by atoms with van der Waals surface area (Å²) in [5.74, 6) is -0.589. The van der Waals surface area contributed by atoms with Gasteiger partial charge in [0.2, 0.25) is 11.8 Å². The molecular weight excluding hydrogens is 420 g/mol. The summed E-state index contributed by atoms with van der Waals surface area (Å²) < 4.78 is 34.6. The van der Waals surface area contributed by atoms with Gasteiger partial charge in [-0.05, 0) is 44.3 Å². The Morgan fingerprint density at radius 2 is 1.80 bits per heavy atom. The minimum Gasteiger partial charge on any atom is -0.495 e. The molecule has 7 nitrogen and oxygen atoms in total. The highest BCUT2D eigenvalue weighted by Gasteiger charge is 2.22. The predicted molar refractivity (Wildman–Crippen MR) is 110 cm³/mol. The number of carbonyl (C=O) groups excluding carboxylic acids is 2. The van der Waals surface area contributed by atoms with Crippen molar-refractivity contribution in [3.05, 3.63) is 47.5 Å². The van der Waals surface area contributed by atoms with Gasteiger partial charge in [-0.15, -0.1) is 0 Å². The molecule has 0 aliphatic heterocycles. The van der Waals surface area contributed by atoms with E-state index in [1.54, 1.807) is 38.2 Å². The Balaban J connectivity index is 1.99. The van der Waals surface area contributed by atoms with Gasteiger partial charge in [0.1, 0.15) is 11.5 Å². The van der Waals surface area contributed by atoms with Gasteiger partial charge < -0.3 is 20.1 Å². The minimum absolute atomic E-state index is 0.108. The van der Waals surface area contributed by atoms with Gasteiger partial charge >= 0.3 is 6.61 Å². The molecular formula is C20H22ClF2N3O4. The molecule has 0 radical (unpaired) electrons. The second-order valence-electron chi connectivity index (χ2n) is 6.35. The van der Waals surface area contributed by atoms with E-state index in [1.807, 2.05) is 0 Å². The standard InChI is InChI=1S/C20H22ClF2N3O4/c1-12(19(28)25-14-6-4-5-7-17(14)30-20(22)23)26(2)11-18(27)24-15-10-13(21)8-9-16(15)29-3/h4-10,12,20H,11H2,1-3H3,(H,24,27)(H,25,28). The quantitative estimate of drug-likeness (QED) is 0.618. The normalized spacial score (nSPS) is 11.9. The van der Waals surface area contributed by atoms with E-state index in [0.717, 1.165) is 0 Å². The molecule has 162 valence electrons. The summed E-state index contributed by atoms with van der Waals surface area (Å²) >= 11 is 5.95. The minimum atomic E-state index is -3.02. The summed E-state index contributed by atoms with van der Waals surface area (Å²) in [6.07, 6.45) is 0. The average molecular weight is 442 g/mol. The number of carbonyl (C=O) groups is 2. The first-order valence-electron chi connectivity index (χ1n) is 8.89. The molecule has 2 amide bonds. The van der Waals surface area contributed by atoms with Gasteiger partial charge in [-0.3, -0.25) is 14.5 Å². The third kappa shape index (κ3) is 6.57. The van der Waals surface area contributed by atoms with Gasteiger partial charge in [-0.2, -0.15) is 8.78 Å². The lowest BCUT2D eigenvalue weighted by molar-refractivity contribution is -0.122. The molecule has 2 aromatic carbocycles. The maximum Gasteiger partial charge on any atom is 0.387 e. The Hall–Kier alpha value is -2.91. The van der Waals surface area contributed by atoms with Crippen molar-refractivity contribution < 1.29 is 27.8 Å². The van der Waals surface area contributed by atoms with Crippen LogP contribution < -0.4 is 20.1 Å². The first-order chi connectivity index (χ1) is 14.2. The van der Waals surface area contributed by atoms with Crippen molar-refractivity contribution in [3.63, 3.8) is 0 Å². The number of ether oxygens (including phenoxy) is 2. The zero-order chi connectivity index (χ0) is 22.3. The van der Waals surface area contributed by atoms with Crippen LogP contribution in [0.3, 0.4) is 0 Å². The van der Waals surface area contributed by atoms with Crippen LogP contribution in [0.1, 0.15) is 6.92 Å². The number of nitrogens with zero attached hydrogens (tertiary/aromatic N) is 1. The summed E-state index contributed by atoms with van der Waals surface area (Å²) in [6.45, 7) is -1.55. The summed E-state index contributed by atoms with van der Waals surface area (Å²) in [4.78, 5) is 26.4. The van der Waals surface area contributed by atoms with E-state index in [-0.39, 0.29) is 23.9 Å².